The van der Waals surface area contributed by atoms with E-state index in [0.717, 1.165) is 11.1 Å². The molecule has 2 aromatic rings. The van der Waals surface area contributed by atoms with Crippen molar-refractivity contribution >= 4 is 39.2 Å². The molecule has 1 heterocycles. The number of nitrogen functional groups attached to an aromatic ring is 1. The van der Waals surface area contributed by atoms with Crippen molar-refractivity contribution in [2.45, 2.75) is 0 Å². The van der Waals surface area contributed by atoms with Crippen molar-refractivity contribution in [3.63, 3.8) is 0 Å². The average Bonchev–Trinajstić information content (AvgIpc) is 2.23. The average molecular weight is 303 g/mol. The Morgan fingerprint density at radius 3 is 2.86 bits per heavy atom. The number of nitrogens with two attached hydrogens (primary N) is 1. The van der Waals surface area contributed by atoms with E-state index in [4.69, 9.17) is 5.84 Å². The first-order chi connectivity index (χ1) is 6.74. The SMILES string of the molecule is NNc1ccnc2c(I)c(F)ccc12. The molecule has 0 spiro atoms. The van der Waals surface area contributed by atoms with E-state index in [1.54, 1.807) is 18.3 Å². The maximum atomic E-state index is 13.2. The van der Waals surface area contributed by atoms with Gasteiger partial charge in [-0.15, -0.1) is 0 Å². The molecule has 1 aromatic carbocycles. The molecule has 2 rings (SSSR count). The highest BCUT2D eigenvalue weighted by Gasteiger charge is 2.07. The maximum absolute atomic E-state index is 13.2. The first-order valence-electron chi connectivity index (χ1n) is 3.93. The monoisotopic (exact) mass is 303 g/mol. The zero-order chi connectivity index (χ0) is 10.1. The van der Waals surface area contributed by atoms with Crippen LogP contribution in [-0.4, -0.2) is 4.98 Å². The van der Waals surface area contributed by atoms with Crippen LogP contribution in [0.1, 0.15) is 0 Å². The van der Waals surface area contributed by atoms with Gasteiger partial charge in [0.15, 0.2) is 0 Å². The van der Waals surface area contributed by atoms with E-state index in [-0.39, 0.29) is 5.82 Å². The number of pyridine rings is 1. The highest BCUT2D eigenvalue weighted by Crippen LogP contribution is 2.26. The van der Waals surface area contributed by atoms with Crippen molar-refractivity contribution < 1.29 is 4.39 Å². The van der Waals surface area contributed by atoms with E-state index in [1.165, 1.54) is 6.07 Å². The van der Waals surface area contributed by atoms with Crippen LogP contribution in [0, 0.1) is 9.39 Å². The molecule has 0 atom stereocenters. The minimum atomic E-state index is -0.264. The lowest BCUT2D eigenvalue weighted by Gasteiger charge is -2.06. The Balaban J connectivity index is 2.86. The highest BCUT2D eigenvalue weighted by molar-refractivity contribution is 14.1. The zero-order valence-corrected chi connectivity index (χ0v) is 9.25. The smallest absolute Gasteiger partial charge is 0.138 e. The van der Waals surface area contributed by atoms with Gasteiger partial charge in [-0.1, -0.05) is 0 Å². The van der Waals surface area contributed by atoms with Crippen molar-refractivity contribution in [1.82, 2.24) is 4.98 Å². The van der Waals surface area contributed by atoms with Crippen LogP contribution in [0.3, 0.4) is 0 Å². The maximum Gasteiger partial charge on any atom is 0.138 e. The molecule has 0 unspecified atom stereocenters. The van der Waals surface area contributed by atoms with Crippen molar-refractivity contribution in [3.05, 3.63) is 33.8 Å². The number of halogens is 2. The van der Waals surface area contributed by atoms with Gasteiger partial charge >= 0.3 is 0 Å². The summed E-state index contributed by atoms with van der Waals surface area (Å²) in [6.07, 6.45) is 1.60. The van der Waals surface area contributed by atoms with Crippen LogP contribution in [0.2, 0.25) is 0 Å². The topological polar surface area (TPSA) is 50.9 Å². The van der Waals surface area contributed by atoms with Gasteiger partial charge in [0.1, 0.15) is 5.82 Å². The Bertz CT molecular complexity index is 487. The molecule has 0 fully saturated rings. The molecule has 0 amide bonds. The van der Waals surface area contributed by atoms with Crippen molar-refractivity contribution in [2.75, 3.05) is 5.43 Å². The molecule has 0 aliphatic carbocycles. The van der Waals surface area contributed by atoms with E-state index in [9.17, 15) is 4.39 Å². The predicted molar refractivity (Wildman–Crippen MR) is 62.2 cm³/mol. The Morgan fingerprint density at radius 1 is 1.36 bits per heavy atom. The molecular weight excluding hydrogens is 296 g/mol. The number of nitrogens with zero attached hydrogens (tertiary/aromatic N) is 1. The molecule has 5 heteroatoms. The standard InChI is InChI=1S/C9H7FIN3/c10-6-2-1-5-7(14-12)3-4-13-9(5)8(6)11/h1-4H,12H2,(H,13,14). The minimum Gasteiger partial charge on any atom is -0.323 e. The fourth-order valence-corrected chi connectivity index (χ4v) is 1.90. The second kappa shape index (κ2) is 3.66. The van der Waals surface area contributed by atoms with E-state index in [0.29, 0.717) is 9.09 Å². The molecule has 14 heavy (non-hydrogen) atoms. The van der Waals surface area contributed by atoms with Gasteiger partial charge in [-0.2, -0.15) is 0 Å². The van der Waals surface area contributed by atoms with Gasteiger partial charge in [0, 0.05) is 11.6 Å². The molecule has 0 aliphatic heterocycles. The largest absolute Gasteiger partial charge is 0.323 e. The summed E-state index contributed by atoms with van der Waals surface area (Å²) in [5, 5.41) is 0.820. The molecule has 3 nitrogen and oxygen atoms in total. The molecule has 0 saturated carbocycles. The van der Waals surface area contributed by atoms with E-state index < -0.39 is 0 Å². The lowest BCUT2D eigenvalue weighted by Crippen LogP contribution is -2.07. The summed E-state index contributed by atoms with van der Waals surface area (Å²) in [7, 11) is 0. The first-order valence-corrected chi connectivity index (χ1v) is 5.01. The summed E-state index contributed by atoms with van der Waals surface area (Å²) in [6.45, 7) is 0. The van der Waals surface area contributed by atoms with Gasteiger partial charge in [-0.3, -0.25) is 10.8 Å². The van der Waals surface area contributed by atoms with Crippen molar-refractivity contribution in [2.24, 2.45) is 5.84 Å². The van der Waals surface area contributed by atoms with E-state index >= 15 is 0 Å². The van der Waals surface area contributed by atoms with Crippen molar-refractivity contribution in [1.29, 1.82) is 0 Å². The number of aromatic nitrogens is 1. The van der Waals surface area contributed by atoms with Gasteiger partial charge in [0.25, 0.3) is 0 Å². The minimum absolute atomic E-state index is 0.264. The summed E-state index contributed by atoms with van der Waals surface area (Å²) in [4.78, 5) is 4.11. The van der Waals surface area contributed by atoms with Crippen LogP contribution in [0.4, 0.5) is 10.1 Å². The Kier molecular flexibility index (Phi) is 2.51. The summed E-state index contributed by atoms with van der Waals surface area (Å²) in [5.74, 6) is 5.07. The highest BCUT2D eigenvalue weighted by atomic mass is 127. The number of benzene rings is 1. The molecular formula is C9H7FIN3. The number of hydrogen-bond acceptors (Lipinski definition) is 3. The summed E-state index contributed by atoms with van der Waals surface area (Å²) in [5.41, 5.74) is 3.92. The Hall–Kier alpha value is -0.950. The zero-order valence-electron chi connectivity index (χ0n) is 7.09. The molecule has 0 aliphatic rings. The fraction of sp³-hybridized carbons (Fsp3) is 0. The van der Waals surface area contributed by atoms with Gasteiger partial charge in [0.2, 0.25) is 0 Å². The normalized spacial score (nSPS) is 10.5. The van der Waals surface area contributed by atoms with Crippen LogP contribution in [-0.2, 0) is 0 Å². The molecule has 0 saturated heterocycles. The van der Waals surface area contributed by atoms with E-state index in [2.05, 4.69) is 10.4 Å². The van der Waals surface area contributed by atoms with Crippen LogP contribution >= 0.6 is 22.6 Å². The number of fused-ring (bicyclic) bond motifs is 1. The van der Waals surface area contributed by atoms with Gasteiger partial charge < -0.3 is 5.43 Å². The molecule has 1 aromatic heterocycles. The van der Waals surface area contributed by atoms with E-state index in [1.807, 2.05) is 22.6 Å². The Morgan fingerprint density at radius 2 is 2.14 bits per heavy atom. The number of hydrazine groups is 1. The molecule has 3 N–H and O–H groups in total. The summed E-state index contributed by atoms with van der Waals surface area (Å²) >= 11 is 1.93. The second-order valence-corrected chi connectivity index (χ2v) is 3.84. The van der Waals surface area contributed by atoms with Crippen molar-refractivity contribution in [3.8, 4) is 0 Å². The Labute approximate surface area is 93.6 Å². The predicted octanol–water partition coefficient (Wildman–Crippen LogP) is 2.26. The number of hydrogen-bond donors (Lipinski definition) is 2. The first kappa shape index (κ1) is 9.60. The van der Waals surface area contributed by atoms with Crippen LogP contribution in [0.15, 0.2) is 24.4 Å². The molecule has 72 valence electrons. The number of anilines is 1. The van der Waals surface area contributed by atoms with Gasteiger partial charge in [-0.05, 0) is 40.8 Å². The lowest BCUT2D eigenvalue weighted by atomic mass is 10.2. The third-order valence-corrected chi connectivity index (χ3v) is 2.99. The van der Waals surface area contributed by atoms with Gasteiger partial charge in [-0.25, -0.2) is 4.39 Å². The van der Waals surface area contributed by atoms with Crippen LogP contribution in [0.5, 0.6) is 0 Å². The van der Waals surface area contributed by atoms with Crippen LogP contribution < -0.4 is 11.3 Å². The lowest BCUT2D eigenvalue weighted by molar-refractivity contribution is 0.622. The molecule has 0 bridgehead atoms. The summed E-state index contributed by atoms with van der Waals surface area (Å²) in [6, 6.07) is 4.82. The third kappa shape index (κ3) is 1.42. The summed E-state index contributed by atoms with van der Waals surface area (Å²) < 4.78 is 13.7. The molecule has 0 radical (unpaired) electrons. The quantitative estimate of drug-likeness (QED) is 0.483. The van der Waals surface area contributed by atoms with Gasteiger partial charge in [0.05, 0.1) is 14.8 Å². The fourth-order valence-electron chi connectivity index (χ4n) is 1.29. The number of nitrogens with one attached hydrogen (secondary N) is 1. The van der Waals surface area contributed by atoms with Crippen LogP contribution in [0.25, 0.3) is 10.9 Å². The number of rotatable bonds is 1. The third-order valence-electron chi connectivity index (χ3n) is 1.96. The second-order valence-electron chi connectivity index (χ2n) is 2.76.